The van der Waals surface area contributed by atoms with E-state index >= 15 is 0 Å². The number of hydrogen-bond donors (Lipinski definition) is 1. The van der Waals surface area contributed by atoms with Crippen LogP contribution in [0.2, 0.25) is 0 Å². The van der Waals surface area contributed by atoms with Crippen LogP contribution in [0.5, 0.6) is 0 Å². The van der Waals surface area contributed by atoms with Crippen LogP contribution in [0.3, 0.4) is 0 Å². The van der Waals surface area contributed by atoms with Crippen LogP contribution in [0.25, 0.3) is 0 Å². The molecule has 0 aliphatic rings. The van der Waals surface area contributed by atoms with Crippen molar-refractivity contribution in [2.24, 2.45) is 0 Å². The Bertz CT molecular complexity index is 96.5. The molecule has 0 unspecified atom stereocenters. The summed E-state index contributed by atoms with van der Waals surface area (Å²) in [4.78, 5) is 0. The Morgan fingerprint density at radius 1 is 1.17 bits per heavy atom. The average Bonchev–Trinajstić information content (AvgIpc) is 1.94. The summed E-state index contributed by atoms with van der Waals surface area (Å²) in [6.45, 7) is 11.4. The molecule has 0 bridgehead atoms. The summed E-state index contributed by atoms with van der Waals surface area (Å²) in [5.74, 6) is 0. The van der Waals surface area contributed by atoms with Crippen LogP contribution in [0, 0.1) is 0 Å². The third-order valence-electron chi connectivity index (χ3n) is 1.57. The maximum absolute atomic E-state index is 5.24. The Kier molecular flexibility index (Phi) is 6.39. The van der Waals surface area contributed by atoms with Crippen molar-refractivity contribution in [3.63, 3.8) is 0 Å². The van der Waals surface area contributed by atoms with E-state index in [1.54, 1.807) is 0 Å². The fourth-order valence-corrected chi connectivity index (χ4v) is 0.937. The zero-order chi connectivity index (χ0) is 9.45. The van der Waals surface area contributed by atoms with E-state index in [0.29, 0.717) is 0 Å². The minimum absolute atomic E-state index is 0.256. The van der Waals surface area contributed by atoms with E-state index in [4.69, 9.17) is 4.74 Å². The molecule has 1 N–H and O–H groups in total. The highest BCUT2D eigenvalue weighted by Crippen LogP contribution is 1.98. The second-order valence-electron chi connectivity index (χ2n) is 4.08. The van der Waals surface area contributed by atoms with Gasteiger partial charge in [0.1, 0.15) is 0 Å². The van der Waals surface area contributed by atoms with Crippen LogP contribution in [0.15, 0.2) is 0 Å². The molecule has 74 valence electrons. The van der Waals surface area contributed by atoms with Gasteiger partial charge in [0.2, 0.25) is 0 Å². The molecule has 0 saturated heterocycles. The summed E-state index contributed by atoms with van der Waals surface area (Å²) < 4.78 is 5.24. The summed E-state index contributed by atoms with van der Waals surface area (Å²) in [6.07, 6.45) is 2.37. The van der Waals surface area contributed by atoms with Gasteiger partial charge in [-0.2, -0.15) is 0 Å². The highest BCUT2D eigenvalue weighted by molar-refractivity contribution is 4.69. The molecule has 0 spiro atoms. The first-order chi connectivity index (χ1) is 5.56. The molecule has 2 nitrogen and oxygen atoms in total. The maximum Gasteiger partial charge on any atom is 0.0466 e. The summed E-state index contributed by atoms with van der Waals surface area (Å²) in [6, 6.07) is 0. The molecule has 0 fully saturated rings. The second kappa shape index (κ2) is 6.44. The van der Waals surface area contributed by atoms with Crippen molar-refractivity contribution in [1.29, 1.82) is 0 Å². The van der Waals surface area contributed by atoms with E-state index in [9.17, 15) is 0 Å². The van der Waals surface area contributed by atoms with Gasteiger partial charge in [-0.1, -0.05) is 0 Å². The zero-order valence-corrected chi connectivity index (χ0v) is 8.94. The van der Waals surface area contributed by atoms with Crippen LogP contribution in [0.4, 0.5) is 0 Å². The number of unbranched alkanes of at least 4 members (excludes halogenated alkanes) is 1. The van der Waals surface area contributed by atoms with E-state index in [-0.39, 0.29) is 5.54 Å². The summed E-state index contributed by atoms with van der Waals surface area (Å²) in [5, 5.41) is 3.44. The van der Waals surface area contributed by atoms with Crippen molar-refractivity contribution in [1.82, 2.24) is 5.32 Å². The SMILES string of the molecule is CCOCCCCNC(C)(C)C. The molecule has 0 rings (SSSR count). The van der Waals surface area contributed by atoms with E-state index < -0.39 is 0 Å². The number of nitrogens with one attached hydrogen (secondary N) is 1. The third-order valence-corrected chi connectivity index (χ3v) is 1.57. The van der Waals surface area contributed by atoms with Crippen molar-refractivity contribution >= 4 is 0 Å². The predicted molar refractivity (Wildman–Crippen MR) is 53.5 cm³/mol. The predicted octanol–water partition coefficient (Wildman–Crippen LogP) is 2.19. The van der Waals surface area contributed by atoms with Crippen molar-refractivity contribution in [2.75, 3.05) is 19.8 Å². The van der Waals surface area contributed by atoms with Gasteiger partial charge in [0.25, 0.3) is 0 Å². The van der Waals surface area contributed by atoms with Gasteiger partial charge in [0.15, 0.2) is 0 Å². The Labute approximate surface area is 76.7 Å². The third kappa shape index (κ3) is 9.92. The first kappa shape index (κ1) is 11.9. The van der Waals surface area contributed by atoms with Crippen molar-refractivity contribution < 1.29 is 4.74 Å². The van der Waals surface area contributed by atoms with Crippen molar-refractivity contribution in [3.05, 3.63) is 0 Å². The fraction of sp³-hybridized carbons (Fsp3) is 1.00. The highest BCUT2D eigenvalue weighted by Gasteiger charge is 2.06. The molecular weight excluding hydrogens is 150 g/mol. The van der Waals surface area contributed by atoms with Crippen molar-refractivity contribution in [2.45, 2.75) is 46.1 Å². The normalized spacial score (nSPS) is 12.0. The Balaban J connectivity index is 3.01. The molecule has 0 aromatic carbocycles. The molecule has 0 atom stereocenters. The average molecular weight is 173 g/mol. The largest absolute Gasteiger partial charge is 0.382 e. The number of rotatable bonds is 6. The first-order valence-electron chi connectivity index (χ1n) is 4.89. The minimum atomic E-state index is 0.256. The van der Waals surface area contributed by atoms with Gasteiger partial charge in [-0.25, -0.2) is 0 Å². The molecular formula is C10H23NO. The lowest BCUT2D eigenvalue weighted by Crippen LogP contribution is -2.36. The van der Waals surface area contributed by atoms with Crippen LogP contribution < -0.4 is 5.32 Å². The van der Waals surface area contributed by atoms with Gasteiger partial charge < -0.3 is 10.1 Å². The molecule has 0 amide bonds. The van der Waals surface area contributed by atoms with Crippen LogP contribution in [0.1, 0.15) is 40.5 Å². The summed E-state index contributed by atoms with van der Waals surface area (Å²) >= 11 is 0. The van der Waals surface area contributed by atoms with Gasteiger partial charge in [0, 0.05) is 18.8 Å². The van der Waals surface area contributed by atoms with Gasteiger partial charge in [0.05, 0.1) is 0 Å². The molecule has 2 heteroatoms. The van der Waals surface area contributed by atoms with Gasteiger partial charge in [-0.3, -0.25) is 0 Å². The lowest BCUT2D eigenvalue weighted by atomic mass is 10.1. The molecule has 0 aliphatic carbocycles. The maximum atomic E-state index is 5.24. The molecule has 12 heavy (non-hydrogen) atoms. The monoisotopic (exact) mass is 173 g/mol. The Hall–Kier alpha value is -0.0800. The molecule has 0 heterocycles. The van der Waals surface area contributed by atoms with Crippen LogP contribution in [-0.2, 0) is 4.74 Å². The smallest absolute Gasteiger partial charge is 0.0466 e. The van der Waals surface area contributed by atoms with E-state index in [0.717, 1.165) is 26.2 Å². The second-order valence-corrected chi connectivity index (χ2v) is 4.08. The highest BCUT2D eigenvalue weighted by atomic mass is 16.5. The van der Waals surface area contributed by atoms with E-state index in [1.165, 1.54) is 6.42 Å². The Morgan fingerprint density at radius 2 is 1.83 bits per heavy atom. The standard InChI is InChI=1S/C10H23NO/c1-5-12-9-7-6-8-11-10(2,3)4/h11H,5-9H2,1-4H3. The fourth-order valence-electron chi connectivity index (χ4n) is 0.937. The van der Waals surface area contributed by atoms with Crippen LogP contribution >= 0.6 is 0 Å². The van der Waals surface area contributed by atoms with Gasteiger partial charge in [-0.05, 0) is 47.1 Å². The Morgan fingerprint density at radius 3 is 2.33 bits per heavy atom. The number of hydrogen-bond acceptors (Lipinski definition) is 2. The zero-order valence-electron chi connectivity index (χ0n) is 8.94. The minimum Gasteiger partial charge on any atom is -0.382 e. The van der Waals surface area contributed by atoms with Crippen molar-refractivity contribution in [3.8, 4) is 0 Å². The molecule has 0 aliphatic heterocycles. The summed E-state index contributed by atoms with van der Waals surface area (Å²) in [7, 11) is 0. The quantitative estimate of drug-likeness (QED) is 0.622. The lowest BCUT2D eigenvalue weighted by Gasteiger charge is -2.20. The molecule has 0 radical (unpaired) electrons. The molecule has 0 aromatic heterocycles. The molecule has 0 saturated carbocycles. The van der Waals surface area contributed by atoms with E-state index in [1.807, 2.05) is 6.92 Å². The van der Waals surface area contributed by atoms with E-state index in [2.05, 4.69) is 26.1 Å². The first-order valence-corrected chi connectivity index (χ1v) is 4.89. The number of ether oxygens (including phenoxy) is 1. The summed E-state index contributed by atoms with van der Waals surface area (Å²) in [5.41, 5.74) is 0.256. The van der Waals surface area contributed by atoms with Gasteiger partial charge >= 0.3 is 0 Å². The topological polar surface area (TPSA) is 21.3 Å². The van der Waals surface area contributed by atoms with Gasteiger partial charge in [-0.15, -0.1) is 0 Å². The van der Waals surface area contributed by atoms with Crippen LogP contribution in [-0.4, -0.2) is 25.3 Å². The lowest BCUT2D eigenvalue weighted by molar-refractivity contribution is 0.143. The molecule has 0 aromatic rings.